The average molecular weight is 344 g/mol. The molecule has 0 aliphatic carbocycles. The second-order valence-corrected chi connectivity index (χ2v) is 4.99. The van der Waals surface area contributed by atoms with E-state index >= 15 is 0 Å². The second-order valence-electron chi connectivity index (χ2n) is 4.99. The van der Waals surface area contributed by atoms with Gasteiger partial charge in [-0.2, -0.15) is 0 Å². The number of nitrogens with two attached hydrogens (primary N) is 1. The van der Waals surface area contributed by atoms with Crippen molar-refractivity contribution in [2.75, 3.05) is 25.0 Å². The summed E-state index contributed by atoms with van der Waals surface area (Å²) in [7, 11) is 0. The number of amides is 2. The number of halogens is 1. The molecule has 5 nitrogen and oxygen atoms in total. The van der Waals surface area contributed by atoms with E-state index in [0.717, 1.165) is 18.5 Å². The van der Waals surface area contributed by atoms with Crippen LogP contribution in [0.3, 0.4) is 0 Å². The number of benzene rings is 1. The number of hydrogen-bond donors (Lipinski definition) is 3. The number of phenols is 1. The van der Waals surface area contributed by atoms with Crippen LogP contribution in [0.2, 0.25) is 0 Å². The Bertz CT molecular complexity index is 448. The first-order valence-corrected chi connectivity index (χ1v) is 6.76. The van der Waals surface area contributed by atoms with Crippen LogP contribution in [0.15, 0.2) is 18.2 Å². The van der Waals surface area contributed by atoms with E-state index in [4.69, 9.17) is 5.73 Å². The van der Waals surface area contributed by atoms with Crippen LogP contribution >= 0.6 is 17.0 Å². The first-order valence-electron chi connectivity index (χ1n) is 6.76. The van der Waals surface area contributed by atoms with Gasteiger partial charge in [0.15, 0.2) is 0 Å². The van der Waals surface area contributed by atoms with E-state index in [2.05, 4.69) is 10.2 Å². The predicted molar refractivity (Wildman–Crippen MR) is 85.6 cm³/mol. The van der Waals surface area contributed by atoms with Crippen molar-refractivity contribution in [2.45, 2.75) is 25.7 Å². The van der Waals surface area contributed by atoms with Crippen LogP contribution < -0.4 is 11.1 Å². The minimum atomic E-state index is -0.663. The molecule has 0 saturated carbocycles. The fraction of sp³-hybridized carbons (Fsp3) is 0.500. The highest BCUT2D eigenvalue weighted by atomic mass is 79.9. The Morgan fingerprint density at radius 2 is 2.00 bits per heavy atom. The van der Waals surface area contributed by atoms with Gasteiger partial charge in [-0.05, 0) is 50.0 Å². The molecule has 4 N–H and O–H groups in total. The van der Waals surface area contributed by atoms with Crippen molar-refractivity contribution in [2.24, 2.45) is 5.73 Å². The highest BCUT2D eigenvalue weighted by molar-refractivity contribution is 8.93. The average Bonchev–Trinajstić information content (AvgIpc) is 2.40. The van der Waals surface area contributed by atoms with Gasteiger partial charge in [0, 0.05) is 6.54 Å². The lowest BCUT2D eigenvalue weighted by Gasteiger charge is -2.26. The number of piperidine rings is 1. The van der Waals surface area contributed by atoms with Gasteiger partial charge < -0.3 is 21.1 Å². The predicted octanol–water partition coefficient (Wildman–Crippen LogP) is 2.49. The molecule has 0 spiro atoms. The Hall–Kier alpha value is -1.27. The number of nitrogens with zero attached hydrogens (tertiary/aromatic N) is 1. The van der Waals surface area contributed by atoms with Crippen molar-refractivity contribution in [3.8, 4) is 5.75 Å². The number of urea groups is 1. The van der Waals surface area contributed by atoms with Gasteiger partial charge in [0.25, 0.3) is 0 Å². The minimum Gasteiger partial charge on any atom is -0.506 e. The highest BCUT2D eigenvalue weighted by Gasteiger charge is 2.10. The summed E-state index contributed by atoms with van der Waals surface area (Å²) in [5.41, 5.74) is 6.53. The van der Waals surface area contributed by atoms with Crippen molar-refractivity contribution in [1.29, 1.82) is 0 Å². The molecule has 6 heteroatoms. The Balaban J connectivity index is 0.00000200. The SMILES string of the molecule is Br.NC(=O)Nc1cc(CCN2CCCCC2)ccc1O. The molecule has 1 aromatic carbocycles. The number of likely N-dealkylation sites (tertiary alicyclic amines) is 1. The summed E-state index contributed by atoms with van der Waals surface area (Å²) >= 11 is 0. The number of aromatic hydroxyl groups is 1. The van der Waals surface area contributed by atoms with Gasteiger partial charge in [-0.15, -0.1) is 17.0 Å². The number of carbonyl (C=O) groups excluding carboxylic acids is 1. The van der Waals surface area contributed by atoms with Gasteiger partial charge in [0.2, 0.25) is 0 Å². The summed E-state index contributed by atoms with van der Waals surface area (Å²) in [5.74, 6) is 0.0422. The molecule has 2 rings (SSSR count). The molecule has 20 heavy (non-hydrogen) atoms. The molecule has 1 saturated heterocycles. The van der Waals surface area contributed by atoms with Crippen LogP contribution in [0.25, 0.3) is 0 Å². The van der Waals surface area contributed by atoms with Crippen LogP contribution in [-0.4, -0.2) is 35.7 Å². The van der Waals surface area contributed by atoms with Gasteiger partial charge in [0.1, 0.15) is 5.75 Å². The summed E-state index contributed by atoms with van der Waals surface area (Å²) in [4.78, 5) is 13.3. The van der Waals surface area contributed by atoms with Crippen LogP contribution in [0.4, 0.5) is 10.5 Å². The molecule has 1 fully saturated rings. The molecule has 1 aliphatic heterocycles. The van der Waals surface area contributed by atoms with Crippen LogP contribution in [0, 0.1) is 0 Å². The number of phenolic OH excluding ortho intramolecular Hbond substituents is 1. The third-order valence-electron chi connectivity index (χ3n) is 3.48. The van der Waals surface area contributed by atoms with Crippen molar-refractivity contribution in [1.82, 2.24) is 4.90 Å². The summed E-state index contributed by atoms with van der Waals surface area (Å²) < 4.78 is 0. The summed E-state index contributed by atoms with van der Waals surface area (Å²) in [6.45, 7) is 3.36. The molecule has 0 atom stereocenters. The molecule has 112 valence electrons. The molecule has 1 aromatic rings. The van der Waals surface area contributed by atoms with Crippen molar-refractivity contribution in [3.63, 3.8) is 0 Å². The minimum absolute atomic E-state index is 0. The summed E-state index contributed by atoms with van der Waals surface area (Å²) in [6.07, 6.45) is 4.81. The maximum Gasteiger partial charge on any atom is 0.316 e. The van der Waals surface area contributed by atoms with Gasteiger partial charge in [-0.25, -0.2) is 4.79 Å². The normalized spacial score (nSPS) is 15.4. The van der Waals surface area contributed by atoms with Gasteiger partial charge in [-0.3, -0.25) is 0 Å². The topological polar surface area (TPSA) is 78.6 Å². The number of nitrogens with one attached hydrogen (secondary N) is 1. The summed E-state index contributed by atoms with van der Waals surface area (Å²) in [6, 6.07) is 4.59. The van der Waals surface area contributed by atoms with Gasteiger partial charge >= 0.3 is 6.03 Å². The lowest BCUT2D eigenvalue weighted by molar-refractivity contribution is 0.231. The largest absolute Gasteiger partial charge is 0.506 e. The number of hydrogen-bond acceptors (Lipinski definition) is 3. The quantitative estimate of drug-likeness (QED) is 0.735. The standard InChI is InChI=1S/C14H21N3O2.BrH/c15-14(19)16-12-10-11(4-5-13(12)18)6-9-17-7-2-1-3-8-17;/h4-5,10,18H,1-3,6-9H2,(H3,15,16,19);1H. The lowest BCUT2D eigenvalue weighted by Crippen LogP contribution is -2.31. The molecular formula is C14H22BrN3O2. The monoisotopic (exact) mass is 343 g/mol. The molecule has 1 aliphatic rings. The van der Waals surface area contributed by atoms with Gasteiger partial charge in [0.05, 0.1) is 5.69 Å². The van der Waals surface area contributed by atoms with Crippen molar-refractivity contribution >= 4 is 28.7 Å². The van der Waals surface area contributed by atoms with Crippen LogP contribution in [0.5, 0.6) is 5.75 Å². The Morgan fingerprint density at radius 3 is 2.65 bits per heavy atom. The first-order chi connectivity index (χ1) is 9.15. The number of carbonyl (C=O) groups is 1. The van der Waals surface area contributed by atoms with Crippen LogP contribution in [-0.2, 0) is 6.42 Å². The molecule has 0 unspecified atom stereocenters. The van der Waals surface area contributed by atoms with E-state index in [1.807, 2.05) is 6.07 Å². The molecular weight excluding hydrogens is 322 g/mol. The third-order valence-corrected chi connectivity index (χ3v) is 3.48. The number of primary amides is 1. The first kappa shape index (κ1) is 16.8. The maximum atomic E-state index is 10.8. The zero-order valence-electron chi connectivity index (χ0n) is 11.5. The second kappa shape index (κ2) is 8.11. The van der Waals surface area contributed by atoms with E-state index in [9.17, 15) is 9.90 Å². The zero-order valence-corrected chi connectivity index (χ0v) is 13.2. The van der Waals surface area contributed by atoms with Crippen LogP contribution in [0.1, 0.15) is 24.8 Å². The lowest BCUT2D eigenvalue weighted by atomic mass is 10.1. The Kier molecular flexibility index (Phi) is 6.81. The van der Waals surface area contributed by atoms with E-state index in [1.54, 1.807) is 12.1 Å². The van der Waals surface area contributed by atoms with E-state index in [-0.39, 0.29) is 22.7 Å². The van der Waals surface area contributed by atoms with Crippen molar-refractivity contribution in [3.05, 3.63) is 23.8 Å². The third kappa shape index (κ3) is 5.02. The molecule has 1 heterocycles. The molecule has 0 radical (unpaired) electrons. The highest BCUT2D eigenvalue weighted by Crippen LogP contribution is 2.24. The molecule has 2 amide bonds. The smallest absolute Gasteiger partial charge is 0.316 e. The number of rotatable bonds is 4. The van der Waals surface area contributed by atoms with E-state index in [0.29, 0.717) is 5.69 Å². The van der Waals surface area contributed by atoms with E-state index < -0.39 is 6.03 Å². The summed E-state index contributed by atoms with van der Waals surface area (Å²) in [5, 5.41) is 12.0. The number of anilines is 1. The fourth-order valence-corrected chi connectivity index (χ4v) is 2.44. The van der Waals surface area contributed by atoms with Crippen molar-refractivity contribution < 1.29 is 9.90 Å². The zero-order chi connectivity index (χ0) is 13.7. The molecule has 0 bridgehead atoms. The molecule has 0 aromatic heterocycles. The van der Waals surface area contributed by atoms with Gasteiger partial charge in [-0.1, -0.05) is 12.5 Å². The maximum absolute atomic E-state index is 10.8. The fourth-order valence-electron chi connectivity index (χ4n) is 2.44. The van der Waals surface area contributed by atoms with E-state index in [1.165, 1.54) is 32.4 Å². The Labute approximate surface area is 129 Å². The Morgan fingerprint density at radius 1 is 1.30 bits per heavy atom.